The van der Waals surface area contributed by atoms with Crippen molar-refractivity contribution in [2.24, 2.45) is 5.41 Å². The highest BCUT2D eigenvalue weighted by molar-refractivity contribution is 5.94. The van der Waals surface area contributed by atoms with Gasteiger partial charge >= 0.3 is 12.6 Å². The van der Waals surface area contributed by atoms with Crippen molar-refractivity contribution >= 4 is 11.9 Å². The van der Waals surface area contributed by atoms with Crippen molar-refractivity contribution in [2.75, 3.05) is 6.54 Å². The largest absolute Gasteiger partial charge is 0.481 e. The van der Waals surface area contributed by atoms with Crippen LogP contribution in [-0.4, -0.2) is 30.1 Å². The lowest BCUT2D eigenvalue weighted by Gasteiger charge is -2.33. The third-order valence-electron chi connectivity index (χ3n) is 4.17. The molecule has 0 spiro atoms. The van der Waals surface area contributed by atoms with Crippen LogP contribution in [0, 0.1) is 5.41 Å². The lowest BCUT2D eigenvalue weighted by atomic mass is 9.74. The molecule has 0 aliphatic heterocycles. The number of ether oxygens (including phenoxy) is 1. The van der Waals surface area contributed by atoms with Gasteiger partial charge in [0.25, 0.3) is 5.91 Å². The fraction of sp³-hybridized carbons (Fsp3) is 0.500. The number of nitrogens with one attached hydrogen (secondary N) is 1. The van der Waals surface area contributed by atoms with Crippen LogP contribution in [0.3, 0.4) is 0 Å². The number of carbonyl (C=O) groups excluding carboxylic acids is 1. The maximum absolute atomic E-state index is 12.2. The third kappa shape index (κ3) is 4.40. The Morgan fingerprint density at radius 3 is 2.57 bits per heavy atom. The second-order valence-corrected chi connectivity index (χ2v) is 5.74. The normalized spacial score (nSPS) is 16.8. The van der Waals surface area contributed by atoms with E-state index in [1.165, 1.54) is 24.3 Å². The van der Waals surface area contributed by atoms with E-state index in [0.717, 1.165) is 19.3 Å². The van der Waals surface area contributed by atoms with Gasteiger partial charge in [-0.15, -0.1) is 0 Å². The SMILES string of the molecule is O=C(NCC1(C(=O)O)CCCCC1)c1cccc(OC(F)F)c1. The molecule has 1 saturated carbocycles. The molecule has 7 heteroatoms. The van der Waals surface area contributed by atoms with Gasteiger partial charge < -0.3 is 15.2 Å². The minimum atomic E-state index is -2.97. The molecule has 1 fully saturated rings. The highest BCUT2D eigenvalue weighted by Gasteiger charge is 2.39. The van der Waals surface area contributed by atoms with Crippen LogP contribution in [0.15, 0.2) is 24.3 Å². The van der Waals surface area contributed by atoms with E-state index in [2.05, 4.69) is 10.1 Å². The van der Waals surface area contributed by atoms with Gasteiger partial charge in [-0.3, -0.25) is 9.59 Å². The smallest absolute Gasteiger partial charge is 0.387 e. The Morgan fingerprint density at radius 2 is 1.96 bits per heavy atom. The van der Waals surface area contributed by atoms with Crippen molar-refractivity contribution in [3.05, 3.63) is 29.8 Å². The summed E-state index contributed by atoms with van der Waals surface area (Å²) in [6.45, 7) is -2.94. The zero-order valence-electron chi connectivity index (χ0n) is 12.6. The average Bonchev–Trinajstić information content (AvgIpc) is 2.53. The molecule has 0 unspecified atom stereocenters. The van der Waals surface area contributed by atoms with Crippen LogP contribution < -0.4 is 10.1 Å². The van der Waals surface area contributed by atoms with Crippen molar-refractivity contribution in [1.29, 1.82) is 0 Å². The topological polar surface area (TPSA) is 75.6 Å². The first-order chi connectivity index (χ1) is 10.9. The molecule has 1 aromatic rings. The Kier molecular flexibility index (Phi) is 5.52. The molecule has 23 heavy (non-hydrogen) atoms. The fourth-order valence-electron chi connectivity index (χ4n) is 2.86. The number of rotatable bonds is 6. The van der Waals surface area contributed by atoms with Crippen molar-refractivity contribution in [3.63, 3.8) is 0 Å². The summed E-state index contributed by atoms with van der Waals surface area (Å²) in [5, 5.41) is 12.1. The molecule has 0 heterocycles. The first-order valence-electron chi connectivity index (χ1n) is 7.49. The van der Waals surface area contributed by atoms with Gasteiger partial charge in [0.05, 0.1) is 5.41 Å². The van der Waals surface area contributed by atoms with Gasteiger partial charge in [-0.2, -0.15) is 8.78 Å². The summed E-state index contributed by atoms with van der Waals surface area (Å²) < 4.78 is 28.6. The summed E-state index contributed by atoms with van der Waals surface area (Å²) in [5.74, 6) is -1.53. The molecule has 1 aromatic carbocycles. The highest BCUT2D eigenvalue weighted by atomic mass is 19.3. The second kappa shape index (κ2) is 7.39. The number of hydrogen-bond donors (Lipinski definition) is 2. The van der Waals surface area contributed by atoms with E-state index >= 15 is 0 Å². The molecule has 2 rings (SSSR count). The van der Waals surface area contributed by atoms with Crippen LogP contribution in [0.5, 0.6) is 5.75 Å². The van der Waals surface area contributed by atoms with Crippen LogP contribution in [0.2, 0.25) is 0 Å². The number of benzene rings is 1. The van der Waals surface area contributed by atoms with Crippen LogP contribution in [0.4, 0.5) is 8.78 Å². The lowest BCUT2D eigenvalue weighted by Crippen LogP contribution is -2.44. The molecule has 0 aromatic heterocycles. The predicted molar refractivity (Wildman–Crippen MR) is 78.6 cm³/mol. The number of aliphatic carboxylic acids is 1. The first-order valence-corrected chi connectivity index (χ1v) is 7.49. The van der Waals surface area contributed by atoms with E-state index in [4.69, 9.17) is 0 Å². The molecule has 0 saturated heterocycles. The van der Waals surface area contributed by atoms with Gasteiger partial charge in [0.15, 0.2) is 0 Å². The van der Waals surface area contributed by atoms with Gasteiger partial charge in [0.2, 0.25) is 0 Å². The molecule has 1 aliphatic carbocycles. The zero-order valence-corrected chi connectivity index (χ0v) is 12.6. The summed E-state index contributed by atoms with van der Waals surface area (Å²) in [6, 6.07) is 5.42. The van der Waals surface area contributed by atoms with Crippen molar-refractivity contribution in [3.8, 4) is 5.75 Å². The maximum atomic E-state index is 12.2. The first kappa shape index (κ1) is 17.2. The quantitative estimate of drug-likeness (QED) is 0.842. The molecule has 126 valence electrons. The van der Waals surface area contributed by atoms with E-state index in [1.54, 1.807) is 0 Å². The van der Waals surface area contributed by atoms with E-state index in [9.17, 15) is 23.5 Å². The fourth-order valence-corrected chi connectivity index (χ4v) is 2.86. The number of carboxylic acids is 1. The van der Waals surface area contributed by atoms with E-state index in [1.807, 2.05) is 0 Å². The van der Waals surface area contributed by atoms with Gasteiger partial charge in [-0.05, 0) is 31.0 Å². The summed E-state index contributed by atoms with van der Waals surface area (Å²) in [6.07, 6.45) is 3.68. The molecule has 1 aliphatic rings. The van der Waals surface area contributed by atoms with Gasteiger partial charge in [0, 0.05) is 12.1 Å². The molecule has 0 atom stereocenters. The number of carboxylic acid groups (broad SMARTS) is 1. The molecule has 0 radical (unpaired) electrons. The van der Waals surface area contributed by atoms with Crippen LogP contribution >= 0.6 is 0 Å². The summed E-state index contributed by atoms with van der Waals surface area (Å²) in [4.78, 5) is 23.7. The lowest BCUT2D eigenvalue weighted by molar-refractivity contribution is -0.150. The van der Waals surface area contributed by atoms with Gasteiger partial charge in [-0.1, -0.05) is 25.3 Å². The van der Waals surface area contributed by atoms with Gasteiger partial charge in [-0.25, -0.2) is 0 Å². The number of amides is 1. The summed E-state index contributed by atoms with van der Waals surface area (Å²) in [5.41, 5.74) is -0.787. The van der Waals surface area contributed by atoms with Crippen LogP contribution in [0.1, 0.15) is 42.5 Å². The third-order valence-corrected chi connectivity index (χ3v) is 4.17. The second-order valence-electron chi connectivity index (χ2n) is 5.74. The van der Waals surface area contributed by atoms with Crippen LogP contribution in [-0.2, 0) is 4.79 Å². The molecule has 1 amide bonds. The Labute approximate surface area is 132 Å². The van der Waals surface area contributed by atoms with E-state index in [0.29, 0.717) is 12.8 Å². The minimum Gasteiger partial charge on any atom is -0.481 e. The minimum absolute atomic E-state index is 0.0289. The van der Waals surface area contributed by atoms with Crippen molar-refractivity contribution in [1.82, 2.24) is 5.32 Å². The standard InChI is InChI=1S/C16H19F2NO4/c17-15(18)23-12-6-4-5-11(9-12)13(20)19-10-16(14(21)22)7-2-1-3-8-16/h4-6,9,15H,1-3,7-8,10H2,(H,19,20)(H,21,22). The Morgan fingerprint density at radius 1 is 1.26 bits per heavy atom. The Bertz CT molecular complexity index is 571. The Balaban J connectivity index is 2.02. The van der Waals surface area contributed by atoms with Crippen molar-refractivity contribution < 1.29 is 28.2 Å². The predicted octanol–water partition coefficient (Wildman–Crippen LogP) is 3.05. The molecule has 2 N–H and O–H groups in total. The average molecular weight is 327 g/mol. The summed E-state index contributed by atoms with van der Waals surface area (Å²) in [7, 11) is 0. The maximum Gasteiger partial charge on any atom is 0.387 e. The molecule has 0 bridgehead atoms. The highest BCUT2D eigenvalue weighted by Crippen LogP contribution is 2.36. The van der Waals surface area contributed by atoms with E-state index < -0.39 is 23.9 Å². The monoisotopic (exact) mass is 327 g/mol. The number of carbonyl (C=O) groups is 2. The van der Waals surface area contributed by atoms with Crippen LogP contribution in [0.25, 0.3) is 0 Å². The Hall–Kier alpha value is -2.18. The number of halogens is 2. The van der Waals surface area contributed by atoms with E-state index in [-0.39, 0.29) is 17.9 Å². The van der Waals surface area contributed by atoms with Gasteiger partial charge in [0.1, 0.15) is 5.75 Å². The number of alkyl halides is 2. The number of hydrogen-bond acceptors (Lipinski definition) is 3. The summed E-state index contributed by atoms with van der Waals surface area (Å²) >= 11 is 0. The molecule has 5 nitrogen and oxygen atoms in total. The molecular formula is C16H19F2NO4. The van der Waals surface area contributed by atoms with Crippen molar-refractivity contribution in [2.45, 2.75) is 38.7 Å². The zero-order chi connectivity index (χ0) is 16.9. The molecular weight excluding hydrogens is 308 g/mol.